The first-order valence-corrected chi connectivity index (χ1v) is 6.61. The zero-order valence-electron chi connectivity index (χ0n) is 12.5. The average Bonchev–Trinajstić information content (AvgIpc) is 2.23. The van der Waals surface area contributed by atoms with Gasteiger partial charge >= 0.3 is 0 Å². The van der Waals surface area contributed by atoms with Crippen molar-refractivity contribution in [2.24, 2.45) is 11.8 Å². The van der Waals surface area contributed by atoms with Crippen molar-refractivity contribution in [1.29, 1.82) is 0 Å². The Labute approximate surface area is 107 Å². The number of hydrogen-bond donors (Lipinski definition) is 1. The third-order valence-corrected chi connectivity index (χ3v) is 3.47. The molecule has 0 spiro atoms. The maximum absolute atomic E-state index is 8.88. The lowest BCUT2D eigenvalue weighted by molar-refractivity contribution is -0.134. The summed E-state index contributed by atoms with van der Waals surface area (Å²) in [7, 11) is 0. The predicted octanol–water partition coefficient (Wildman–Crippen LogP) is 2.86. The molecule has 0 amide bonds. The molecule has 104 valence electrons. The lowest BCUT2D eigenvalue weighted by Crippen LogP contribution is -2.40. The van der Waals surface area contributed by atoms with Gasteiger partial charge in [-0.15, -0.1) is 0 Å². The second-order valence-electron chi connectivity index (χ2n) is 5.89. The first-order valence-electron chi connectivity index (χ1n) is 6.61. The van der Waals surface area contributed by atoms with E-state index in [-0.39, 0.29) is 24.4 Å². The van der Waals surface area contributed by atoms with Gasteiger partial charge in [-0.3, -0.25) is 0 Å². The van der Waals surface area contributed by atoms with Crippen molar-refractivity contribution in [3.05, 3.63) is 0 Å². The van der Waals surface area contributed by atoms with Gasteiger partial charge in [-0.05, 0) is 39.5 Å². The fraction of sp³-hybridized carbons (Fsp3) is 1.00. The van der Waals surface area contributed by atoms with Crippen LogP contribution in [0.15, 0.2) is 0 Å². The van der Waals surface area contributed by atoms with E-state index < -0.39 is 0 Å². The zero-order chi connectivity index (χ0) is 13.6. The summed E-state index contributed by atoms with van der Waals surface area (Å²) in [6.45, 7) is 15.3. The molecule has 0 aromatic heterocycles. The summed E-state index contributed by atoms with van der Waals surface area (Å²) in [5.74, 6) is 1.08. The summed E-state index contributed by atoms with van der Waals surface area (Å²) < 4.78 is 11.5. The molecule has 17 heavy (non-hydrogen) atoms. The molecule has 0 aromatic rings. The molecule has 0 bridgehead atoms. The summed E-state index contributed by atoms with van der Waals surface area (Å²) in [4.78, 5) is 0. The van der Waals surface area contributed by atoms with Crippen LogP contribution in [0, 0.1) is 11.8 Å². The van der Waals surface area contributed by atoms with Gasteiger partial charge in [-0.2, -0.15) is 0 Å². The molecule has 0 aromatic carbocycles. The van der Waals surface area contributed by atoms with Crippen LogP contribution in [0.5, 0.6) is 0 Å². The first-order chi connectivity index (χ1) is 7.70. The molecule has 0 aliphatic heterocycles. The molecule has 3 heteroatoms. The minimum atomic E-state index is -0.153. The summed E-state index contributed by atoms with van der Waals surface area (Å²) >= 11 is 0. The van der Waals surface area contributed by atoms with Gasteiger partial charge in [0.1, 0.15) is 0 Å². The van der Waals surface area contributed by atoms with Crippen LogP contribution < -0.4 is 0 Å². The van der Waals surface area contributed by atoms with E-state index in [0.717, 1.165) is 0 Å². The second kappa shape index (κ2) is 7.34. The zero-order valence-corrected chi connectivity index (χ0v) is 12.5. The van der Waals surface area contributed by atoms with E-state index in [4.69, 9.17) is 14.6 Å². The van der Waals surface area contributed by atoms with Crippen LogP contribution >= 0.6 is 0 Å². The third-order valence-electron chi connectivity index (χ3n) is 3.47. The lowest BCUT2D eigenvalue weighted by atomic mass is 9.83. The number of aliphatic hydroxyl groups excluding tert-OH is 1. The molecule has 0 aliphatic rings. The largest absolute Gasteiger partial charge is 0.394 e. The Morgan fingerprint density at radius 3 is 1.94 bits per heavy atom. The van der Waals surface area contributed by atoms with E-state index in [0.29, 0.717) is 18.4 Å². The van der Waals surface area contributed by atoms with Crippen LogP contribution in [-0.2, 0) is 9.47 Å². The van der Waals surface area contributed by atoms with Crippen molar-refractivity contribution in [3.8, 4) is 0 Å². The summed E-state index contributed by atoms with van der Waals surface area (Å²) in [5, 5.41) is 8.88. The molecule has 0 saturated heterocycles. The van der Waals surface area contributed by atoms with Crippen molar-refractivity contribution in [3.63, 3.8) is 0 Å². The van der Waals surface area contributed by atoms with Crippen molar-refractivity contribution >= 4 is 0 Å². The number of hydrogen-bond acceptors (Lipinski definition) is 3. The fourth-order valence-corrected chi connectivity index (χ4v) is 1.82. The van der Waals surface area contributed by atoms with E-state index in [1.807, 2.05) is 13.8 Å². The average molecular weight is 246 g/mol. The molecule has 0 rings (SSSR count). The Balaban J connectivity index is 4.13. The molecular formula is C14H30O3. The molecule has 0 radical (unpaired) electrons. The van der Waals surface area contributed by atoms with Gasteiger partial charge in [0.2, 0.25) is 0 Å². The van der Waals surface area contributed by atoms with Crippen molar-refractivity contribution in [2.45, 2.75) is 66.3 Å². The SMILES string of the molecule is CC(CO)OCC(C)OC(C)(C)C(C)C(C)C. The maximum atomic E-state index is 8.88. The monoisotopic (exact) mass is 246 g/mol. The molecule has 3 nitrogen and oxygen atoms in total. The van der Waals surface area contributed by atoms with Crippen LogP contribution in [0.25, 0.3) is 0 Å². The number of rotatable bonds is 8. The first kappa shape index (κ1) is 16.9. The Morgan fingerprint density at radius 2 is 1.53 bits per heavy atom. The highest BCUT2D eigenvalue weighted by Gasteiger charge is 2.30. The number of ether oxygens (including phenoxy) is 2. The van der Waals surface area contributed by atoms with Gasteiger partial charge in [-0.25, -0.2) is 0 Å². The molecule has 0 aliphatic carbocycles. The topological polar surface area (TPSA) is 38.7 Å². The molecule has 0 fully saturated rings. The van der Waals surface area contributed by atoms with Crippen LogP contribution in [0.4, 0.5) is 0 Å². The summed E-state index contributed by atoms with van der Waals surface area (Å²) in [6.07, 6.45) is -0.0770. The van der Waals surface area contributed by atoms with E-state index in [1.165, 1.54) is 0 Å². The van der Waals surface area contributed by atoms with Gasteiger partial charge in [0.15, 0.2) is 0 Å². The van der Waals surface area contributed by atoms with Gasteiger partial charge in [-0.1, -0.05) is 20.8 Å². The molecule has 3 unspecified atom stereocenters. The number of aliphatic hydroxyl groups is 1. The van der Waals surface area contributed by atoms with E-state index in [1.54, 1.807) is 0 Å². The molecule has 1 N–H and O–H groups in total. The molecular weight excluding hydrogens is 216 g/mol. The van der Waals surface area contributed by atoms with Crippen molar-refractivity contribution < 1.29 is 14.6 Å². The quantitative estimate of drug-likeness (QED) is 0.715. The fourth-order valence-electron chi connectivity index (χ4n) is 1.82. The van der Waals surface area contributed by atoms with Crippen LogP contribution in [-0.4, -0.2) is 36.1 Å². The minimum Gasteiger partial charge on any atom is -0.394 e. The minimum absolute atomic E-state index is 0.0419. The van der Waals surface area contributed by atoms with Crippen molar-refractivity contribution in [2.75, 3.05) is 13.2 Å². The predicted molar refractivity (Wildman–Crippen MR) is 71.1 cm³/mol. The van der Waals surface area contributed by atoms with Gasteiger partial charge < -0.3 is 14.6 Å². The standard InChI is InChI=1S/C14H30O3/c1-10(2)13(5)14(6,7)17-12(4)9-16-11(3)8-15/h10-13,15H,8-9H2,1-7H3. The van der Waals surface area contributed by atoms with Gasteiger partial charge in [0.25, 0.3) is 0 Å². The molecule has 0 saturated carbocycles. The van der Waals surface area contributed by atoms with Crippen LogP contribution in [0.3, 0.4) is 0 Å². The highest BCUT2D eigenvalue weighted by atomic mass is 16.6. The van der Waals surface area contributed by atoms with Crippen LogP contribution in [0.2, 0.25) is 0 Å². The molecule has 0 heterocycles. The molecule has 3 atom stereocenters. The highest BCUT2D eigenvalue weighted by Crippen LogP contribution is 2.28. The third kappa shape index (κ3) is 6.39. The lowest BCUT2D eigenvalue weighted by Gasteiger charge is -2.37. The van der Waals surface area contributed by atoms with Crippen molar-refractivity contribution in [1.82, 2.24) is 0 Å². The maximum Gasteiger partial charge on any atom is 0.0788 e. The van der Waals surface area contributed by atoms with Gasteiger partial charge in [0, 0.05) is 0 Å². The van der Waals surface area contributed by atoms with E-state index in [2.05, 4.69) is 34.6 Å². The van der Waals surface area contributed by atoms with Crippen LogP contribution in [0.1, 0.15) is 48.5 Å². The van der Waals surface area contributed by atoms with E-state index >= 15 is 0 Å². The Bertz CT molecular complexity index is 202. The second-order valence-corrected chi connectivity index (χ2v) is 5.89. The van der Waals surface area contributed by atoms with Gasteiger partial charge in [0.05, 0.1) is 31.0 Å². The normalized spacial score (nSPS) is 18.2. The summed E-state index contributed by atoms with van der Waals surface area (Å²) in [6, 6.07) is 0. The Morgan fingerprint density at radius 1 is 1.00 bits per heavy atom. The smallest absolute Gasteiger partial charge is 0.0788 e. The van der Waals surface area contributed by atoms with E-state index in [9.17, 15) is 0 Å². The Hall–Kier alpha value is -0.120. The summed E-state index contributed by atoms with van der Waals surface area (Å²) in [5.41, 5.74) is -0.153. The Kier molecular flexibility index (Phi) is 7.29. The highest BCUT2D eigenvalue weighted by molar-refractivity contribution is 4.79.